The average Bonchev–Trinajstić information content (AvgIpc) is 2.64. The van der Waals surface area contributed by atoms with E-state index in [4.69, 9.17) is 15.0 Å². The van der Waals surface area contributed by atoms with Crippen LogP contribution in [-0.2, 0) is 0 Å². The fourth-order valence-corrected chi connectivity index (χ4v) is 1.34. The summed E-state index contributed by atoms with van der Waals surface area (Å²) in [6.07, 6.45) is 1.42. The van der Waals surface area contributed by atoms with E-state index < -0.39 is 0 Å². The minimum atomic E-state index is -0.369. The topological polar surface area (TPSA) is 61.3 Å². The molecule has 0 fully saturated rings. The fourth-order valence-electron chi connectivity index (χ4n) is 1.34. The van der Waals surface area contributed by atoms with Gasteiger partial charge in [0.2, 0.25) is 5.88 Å². The first-order valence-electron chi connectivity index (χ1n) is 4.26. The Hall–Kier alpha value is -2.04. The van der Waals surface area contributed by atoms with Crippen molar-refractivity contribution in [3.63, 3.8) is 0 Å². The van der Waals surface area contributed by atoms with Crippen molar-refractivity contribution in [2.45, 2.75) is 0 Å². The molecule has 4 nitrogen and oxygen atoms in total. The normalized spacial score (nSPS) is 10.3. The lowest BCUT2D eigenvalue weighted by molar-refractivity contribution is 0.415. The number of nitrogens with zero attached hydrogens (tertiary/aromatic N) is 1. The molecule has 0 amide bonds. The Kier molecular flexibility index (Phi) is 2.29. The molecule has 0 spiro atoms. The first kappa shape index (κ1) is 9.51. The van der Waals surface area contributed by atoms with Gasteiger partial charge in [0.05, 0.1) is 18.9 Å². The molecule has 0 bridgehead atoms. The lowest BCUT2D eigenvalue weighted by Gasteiger charge is -2.06. The van der Waals surface area contributed by atoms with Gasteiger partial charge in [-0.05, 0) is 18.2 Å². The number of hydrogen-bond acceptors (Lipinski definition) is 4. The van der Waals surface area contributed by atoms with Crippen molar-refractivity contribution in [1.82, 2.24) is 5.16 Å². The number of hydrogen-bond donors (Lipinski definition) is 1. The van der Waals surface area contributed by atoms with Crippen LogP contribution >= 0.6 is 0 Å². The van der Waals surface area contributed by atoms with E-state index in [9.17, 15) is 4.39 Å². The molecule has 0 aliphatic heterocycles. The molecule has 78 valence electrons. The third-order valence-corrected chi connectivity index (χ3v) is 2.05. The third-order valence-electron chi connectivity index (χ3n) is 2.05. The molecule has 1 aromatic carbocycles. The number of rotatable bonds is 2. The monoisotopic (exact) mass is 208 g/mol. The zero-order valence-corrected chi connectivity index (χ0v) is 8.03. The summed E-state index contributed by atoms with van der Waals surface area (Å²) in [5.41, 5.74) is 6.58. The molecule has 0 unspecified atom stereocenters. The van der Waals surface area contributed by atoms with Crippen LogP contribution in [0.2, 0.25) is 0 Å². The van der Waals surface area contributed by atoms with E-state index in [0.29, 0.717) is 16.9 Å². The van der Waals surface area contributed by atoms with Crippen LogP contribution < -0.4 is 10.5 Å². The Morgan fingerprint density at radius 1 is 1.40 bits per heavy atom. The van der Waals surface area contributed by atoms with Crippen molar-refractivity contribution in [2.75, 3.05) is 12.8 Å². The molecular weight excluding hydrogens is 199 g/mol. The largest absolute Gasteiger partial charge is 0.496 e. The maximum atomic E-state index is 13.1. The summed E-state index contributed by atoms with van der Waals surface area (Å²) >= 11 is 0. The zero-order chi connectivity index (χ0) is 10.8. The predicted molar refractivity (Wildman–Crippen MR) is 52.9 cm³/mol. The second-order valence-corrected chi connectivity index (χ2v) is 2.95. The van der Waals surface area contributed by atoms with E-state index in [2.05, 4.69) is 5.16 Å². The van der Waals surface area contributed by atoms with Crippen molar-refractivity contribution in [3.8, 4) is 16.9 Å². The molecule has 0 saturated carbocycles. The Morgan fingerprint density at radius 3 is 2.80 bits per heavy atom. The number of benzene rings is 1. The van der Waals surface area contributed by atoms with Gasteiger partial charge in [-0.3, -0.25) is 0 Å². The van der Waals surface area contributed by atoms with Crippen LogP contribution in [0.3, 0.4) is 0 Å². The minimum absolute atomic E-state index is 0.138. The summed E-state index contributed by atoms with van der Waals surface area (Å²) in [7, 11) is 1.50. The molecular formula is C10H9FN2O2. The van der Waals surface area contributed by atoms with Gasteiger partial charge < -0.3 is 15.0 Å². The first-order chi connectivity index (χ1) is 7.22. The Balaban J connectivity index is 2.60. The van der Waals surface area contributed by atoms with Crippen LogP contribution in [0.5, 0.6) is 5.75 Å². The predicted octanol–water partition coefficient (Wildman–Crippen LogP) is 2.07. The summed E-state index contributed by atoms with van der Waals surface area (Å²) in [5, 5.41) is 3.53. The van der Waals surface area contributed by atoms with Gasteiger partial charge in [0.15, 0.2) is 0 Å². The van der Waals surface area contributed by atoms with Gasteiger partial charge in [0.1, 0.15) is 11.6 Å². The van der Waals surface area contributed by atoms with E-state index in [0.717, 1.165) is 0 Å². The van der Waals surface area contributed by atoms with Crippen molar-refractivity contribution in [1.29, 1.82) is 0 Å². The highest BCUT2D eigenvalue weighted by Crippen LogP contribution is 2.33. The molecule has 15 heavy (non-hydrogen) atoms. The summed E-state index contributed by atoms with van der Waals surface area (Å²) in [6.45, 7) is 0. The summed E-state index contributed by atoms with van der Waals surface area (Å²) in [4.78, 5) is 0. The lowest BCUT2D eigenvalue weighted by atomic mass is 10.1. The number of aromatic nitrogens is 1. The molecule has 2 N–H and O–H groups in total. The van der Waals surface area contributed by atoms with Gasteiger partial charge in [-0.25, -0.2) is 4.39 Å². The maximum Gasteiger partial charge on any atom is 0.230 e. The van der Waals surface area contributed by atoms with Crippen molar-refractivity contribution in [3.05, 3.63) is 30.2 Å². The van der Waals surface area contributed by atoms with Crippen LogP contribution in [0.4, 0.5) is 10.3 Å². The van der Waals surface area contributed by atoms with Crippen LogP contribution in [0.15, 0.2) is 28.9 Å². The molecule has 0 aliphatic rings. The molecule has 2 rings (SSSR count). The number of methoxy groups -OCH3 is 1. The van der Waals surface area contributed by atoms with Crippen molar-refractivity contribution >= 4 is 5.88 Å². The minimum Gasteiger partial charge on any atom is -0.496 e. The number of ether oxygens (including phenoxy) is 1. The van der Waals surface area contributed by atoms with Crippen LogP contribution in [-0.4, -0.2) is 12.3 Å². The summed E-state index contributed by atoms with van der Waals surface area (Å²) in [6, 6.07) is 4.16. The second-order valence-electron chi connectivity index (χ2n) is 2.95. The Morgan fingerprint density at radius 2 is 2.20 bits per heavy atom. The smallest absolute Gasteiger partial charge is 0.230 e. The second kappa shape index (κ2) is 3.61. The number of nitrogens with two attached hydrogens (primary N) is 1. The Bertz CT molecular complexity index is 482. The van der Waals surface area contributed by atoms with Gasteiger partial charge in [-0.15, -0.1) is 0 Å². The van der Waals surface area contributed by atoms with E-state index in [-0.39, 0.29) is 11.7 Å². The number of anilines is 1. The molecule has 0 saturated heterocycles. The first-order valence-corrected chi connectivity index (χ1v) is 4.26. The quantitative estimate of drug-likeness (QED) is 0.820. The number of halogens is 1. The van der Waals surface area contributed by atoms with Crippen molar-refractivity contribution < 1.29 is 13.7 Å². The molecule has 0 aliphatic carbocycles. The van der Waals surface area contributed by atoms with Gasteiger partial charge in [0, 0.05) is 5.56 Å². The fraction of sp³-hybridized carbons (Fsp3) is 0.100. The van der Waals surface area contributed by atoms with Crippen molar-refractivity contribution in [2.24, 2.45) is 0 Å². The molecule has 1 aromatic heterocycles. The SMILES string of the molecule is COc1ccc(F)cc1-c1cnoc1N. The summed E-state index contributed by atoms with van der Waals surface area (Å²) in [5.74, 6) is 0.289. The molecule has 1 heterocycles. The maximum absolute atomic E-state index is 13.1. The average molecular weight is 208 g/mol. The lowest BCUT2D eigenvalue weighted by Crippen LogP contribution is -1.91. The van der Waals surface area contributed by atoms with Gasteiger partial charge in [-0.2, -0.15) is 0 Å². The van der Waals surface area contributed by atoms with E-state index >= 15 is 0 Å². The van der Waals surface area contributed by atoms with E-state index in [1.165, 1.54) is 31.5 Å². The molecule has 2 aromatic rings. The van der Waals surface area contributed by atoms with E-state index in [1.54, 1.807) is 0 Å². The standard InChI is InChI=1S/C10H9FN2O2/c1-14-9-3-2-6(11)4-7(9)8-5-13-15-10(8)12/h2-5H,12H2,1H3. The highest BCUT2D eigenvalue weighted by atomic mass is 19.1. The van der Waals surface area contributed by atoms with Gasteiger partial charge in [0.25, 0.3) is 0 Å². The molecule has 0 radical (unpaired) electrons. The summed E-state index contributed by atoms with van der Waals surface area (Å²) < 4.78 is 22.9. The zero-order valence-electron chi connectivity index (χ0n) is 8.03. The van der Waals surface area contributed by atoms with Crippen LogP contribution in [0.1, 0.15) is 0 Å². The Labute approximate surface area is 85.4 Å². The van der Waals surface area contributed by atoms with Crippen LogP contribution in [0, 0.1) is 5.82 Å². The molecule has 5 heteroatoms. The van der Waals surface area contributed by atoms with E-state index in [1.807, 2.05) is 0 Å². The van der Waals surface area contributed by atoms with Gasteiger partial charge >= 0.3 is 0 Å². The highest BCUT2D eigenvalue weighted by Gasteiger charge is 2.13. The third kappa shape index (κ3) is 1.63. The van der Waals surface area contributed by atoms with Gasteiger partial charge in [-0.1, -0.05) is 5.16 Å². The number of nitrogen functional groups attached to an aromatic ring is 1. The van der Waals surface area contributed by atoms with Crippen LogP contribution in [0.25, 0.3) is 11.1 Å². The highest BCUT2D eigenvalue weighted by molar-refractivity contribution is 5.76. The molecule has 0 atom stereocenters.